The average molecular weight is 783 g/mol. The number of hydrogen-bond donors (Lipinski definition) is 1. The van der Waals surface area contributed by atoms with Crippen LogP contribution in [0.5, 0.6) is 0 Å². The lowest BCUT2D eigenvalue weighted by atomic mass is 10.0. The normalized spacial score (nSPS) is 14.1. The predicted octanol–water partition coefficient (Wildman–Crippen LogP) is 12.9. The first kappa shape index (κ1) is 34.8. The van der Waals surface area contributed by atoms with Crippen molar-refractivity contribution in [1.82, 2.24) is 24.0 Å². The van der Waals surface area contributed by atoms with Crippen LogP contribution in [0.3, 0.4) is 0 Å². The lowest BCUT2D eigenvalue weighted by Gasteiger charge is -2.25. The molecular weight excluding hydrogens is 745 g/mol. The van der Waals surface area contributed by atoms with Crippen LogP contribution in [-0.4, -0.2) is 24.5 Å². The Bertz CT molecular complexity index is 3470. The molecule has 6 heteroatoms. The van der Waals surface area contributed by atoms with Crippen molar-refractivity contribution in [2.45, 2.75) is 6.04 Å². The number of para-hydroxylation sites is 3. The third-order valence-electron chi connectivity index (χ3n) is 11.9. The highest BCUT2D eigenvalue weighted by Crippen LogP contribution is 2.44. The quantitative estimate of drug-likeness (QED) is 0.175. The summed E-state index contributed by atoms with van der Waals surface area (Å²) in [6.45, 7) is 0. The van der Waals surface area contributed by atoms with Gasteiger partial charge in [0.2, 0.25) is 0 Å². The van der Waals surface area contributed by atoms with E-state index in [-0.39, 0.29) is 6.04 Å². The number of imidazole rings is 1. The number of rotatable bonds is 7. The number of aliphatic imine (C=N–C) groups is 1. The first-order chi connectivity index (χ1) is 30.3. The minimum atomic E-state index is -0.0501. The van der Waals surface area contributed by atoms with Crippen LogP contribution in [0.1, 0.15) is 22.7 Å². The first-order valence-corrected chi connectivity index (χ1v) is 20.7. The maximum Gasteiger partial charge on any atom is 0.165 e. The second-order valence-electron chi connectivity index (χ2n) is 15.5. The predicted molar refractivity (Wildman–Crippen MR) is 251 cm³/mol. The van der Waals surface area contributed by atoms with E-state index in [1.165, 1.54) is 16.3 Å². The Kier molecular flexibility index (Phi) is 8.13. The zero-order valence-electron chi connectivity index (χ0n) is 33.1. The fourth-order valence-corrected chi connectivity index (χ4v) is 9.16. The molecule has 0 bridgehead atoms. The van der Waals surface area contributed by atoms with Crippen LogP contribution in [-0.2, 0) is 0 Å². The first-order valence-electron chi connectivity index (χ1n) is 20.7. The molecule has 0 aliphatic carbocycles. The van der Waals surface area contributed by atoms with E-state index in [0.717, 1.165) is 84.2 Å². The molecule has 1 atom stereocenters. The fourth-order valence-electron chi connectivity index (χ4n) is 9.16. The van der Waals surface area contributed by atoms with Crippen LogP contribution < -0.4 is 5.32 Å². The van der Waals surface area contributed by atoms with Gasteiger partial charge in [-0.25, -0.2) is 9.98 Å². The smallest absolute Gasteiger partial charge is 0.165 e. The van der Waals surface area contributed by atoms with Gasteiger partial charge in [-0.3, -0.25) is 9.13 Å². The van der Waals surface area contributed by atoms with Crippen LogP contribution in [0.15, 0.2) is 223 Å². The Morgan fingerprint density at radius 1 is 0.410 bits per heavy atom. The second-order valence-corrected chi connectivity index (χ2v) is 15.5. The van der Waals surface area contributed by atoms with Gasteiger partial charge >= 0.3 is 0 Å². The molecule has 1 unspecified atom stereocenters. The van der Waals surface area contributed by atoms with Crippen molar-refractivity contribution in [3.05, 3.63) is 235 Å². The van der Waals surface area contributed by atoms with Gasteiger partial charge < -0.3 is 9.88 Å². The maximum atomic E-state index is 5.56. The summed E-state index contributed by atoms with van der Waals surface area (Å²) < 4.78 is 7.14. The topological polar surface area (TPSA) is 52.1 Å². The average Bonchev–Trinajstić information content (AvgIpc) is 4.00. The molecule has 11 aromatic rings. The lowest BCUT2D eigenvalue weighted by molar-refractivity contribution is 0.781. The number of amidine groups is 1. The molecule has 0 saturated carbocycles. The van der Waals surface area contributed by atoms with E-state index in [9.17, 15) is 0 Å². The van der Waals surface area contributed by atoms with Crippen LogP contribution in [0.4, 0.5) is 0 Å². The van der Waals surface area contributed by atoms with Crippen molar-refractivity contribution in [1.29, 1.82) is 0 Å². The highest BCUT2D eigenvalue weighted by atomic mass is 15.2. The molecule has 0 fully saturated rings. The van der Waals surface area contributed by atoms with Gasteiger partial charge in [0.15, 0.2) is 5.65 Å². The molecule has 3 aromatic heterocycles. The molecule has 4 heterocycles. The maximum absolute atomic E-state index is 5.56. The van der Waals surface area contributed by atoms with Gasteiger partial charge in [-0.1, -0.05) is 164 Å². The number of aromatic nitrogens is 4. The van der Waals surface area contributed by atoms with E-state index < -0.39 is 0 Å². The van der Waals surface area contributed by atoms with Gasteiger partial charge in [0.05, 0.1) is 28.3 Å². The number of nitrogens with one attached hydrogen (secondary N) is 1. The van der Waals surface area contributed by atoms with E-state index in [1.807, 2.05) is 6.07 Å². The van der Waals surface area contributed by atoms with Gasteiger partial charge in [-0.2, -0.15) is 0 Å². The summed E-state index contributed by atoms with van der Waals surface area (Å²) in [4.78, 5) is 10.8. The highest BCUT2D eigenvalue weighted by Gasteiger charge is 2.27. The summed E-state index contributed by atoms with van der Waals surface area (Å²) in [7, 11) is 0. The van der Waals surface area contributed by atoms with Crippen LogP contribution in [0.25, 0.3) is 78.0 Å². The van der Waals surface area contributed by atoms with Crippen molar-refractivity contribution < 1.29 is 0 Å². The third kappa shape index (κ3) is 5.72. The molecule has 288 valence electrons. The van der Waals surface area contributed by atoms with E-state index in [0.29, 0.717) is 0 Å². The summed E-state index contributed by atoms with van der Waals surface area (Å²) in [6, 6.07) is 74.9. The highest BCUT2D eigenvalue weighted by molar-refractivity contribution is 6.23. The number of fused-ring (bicyclic) bond motifs is 7. The molecule has 0 spiro atoms. The van der Waals surface area contributed by atoms with Crippen molar-refractivity contribution in [2.24, 2.45) is 4.99 Å². The molecule has 1 aliphatic rings. The molecule has 0 amide bonds. The molecule has 6 nitrogen and oxygen atoms in total. The summed E-state index contributed by atoms with van der Waals surface area (Å²) in [5.41, 5.74) is 13.7. The van der Waals surface area contributed by atoms with Gasteiger partial charge in [0.25, 0.3) is 0 Å². The van der Waals surface area contributed by atoms with Crippen LogP contribution >= 0.6 is 0 Å². The molecule has 61 heavy (non-hydrogen) atoms. The zero-order valence-corrected chi connectivity index (χ0v) is 33.1. The van der Waals surface area contributed by atoms with Gasteiger partial charge in [0.1, 0.15) is 17.2 Å². The molecule has 1 N–H and O–H groups in total. The Balaban J connectivity index is 1.14. The standard InChI is InChI=1S/C55H38N6/c1-6-19-37(20-7-1)47-36-48(38-21-8-2-9-22-38)57-53(56-47)40-25-18-30-43(35-40)59-49-32-17-16-31-44(49)45-33-34-46-51(50(45)59)60(41-26-12-4-13-27-41)55-52(46)61(42-28-14-5-15-29-42)54(58-55)39-23-10-3-11-24-39/h1-36,47H,(H,56,57). The molecule has 0 saturated heterocycles. The Morgan fingerprint density at radius 2 is 0.967 bits per heavy atom. The Morgan fingerprint density at radius 3 is 1.69 bits per heavy atom. The molecule has 0 radical (unpaired) electrons. The lowest BCUT2D eigenvalue weighted by Crippen LogP contribution is -2.31. The van der Waals surface area contributed by atoms with Gasteiger partial charge in [-0.15, -0.1) is 0 Å². The molecule has 8 aromatic carbocycles. The molecule has 12 rings (SSSR count). The van der Waals surface area contributed by atoms with Gasteiger partial charge in [-0.05, 0) is 65.7 Å². The van der Waals surface area contributed by atoms with Crippen LogP contribution in [0.2, 0.25) is 0 Å². The molecular formula is C55H38N6. The number of benzene rings is 8. The summed E-state index contributed by atoms with van der Waals surface area (Å²) >= 11 is 0. The number of hydrogen-bond acceptors (Lipinski definition) is 3. The van der Waals surface area contributed by atoms with Crippen LogP contribution in [0, 0.1) is 0 Å². The van der Waals surface area contributed by atoms with E-state index >= 15 is 0 Å². The zero-order chi connectivity index (χ0) is 40.3. The molecule has 1 aliphatic heterocycles. The van der Waals surface area contributed by atoms with E-state index in [1.54, 1.807) is 0 Å². The van der Waals surface area contributed by atoms with E-state index in [2.05, 4.69) is 231 Å². The van der Waals surface area contributed by atoms with Crippen molar-refractivity contribution in [3.8, 4) is 28.5 Å². The largest absolute Gasteiger partial charge is 0.359 e. The second kappa shape index (κ2) is 14.3. The van der Waals surface area contributed by atoms with Crippen molar-refractivity contribution in [3.63, 3.8) is 0 Å². The monoisotopic (exact) mass is 782 g/mol. The minimum Gasteiger partial charge on any atom is -0.359 e. The van der Waals surface area contributed by atoms with E-state index in [4.69, 9.17) is 9.98 Å². The number of nitrogens with zero attached hydrogens (tertiary/aromatic N) is 5. The Labute approximate surface area is 352 Å². The minimum absolute atomic E-state index is 0.0501. The SMILES string of the molecule is C1=C(c2ccccc2)N=C(c2cccc(-n3c4ccccc4c4ccc5c6c(nc(-c7ccccc7)n6-c6ccccc6)n(-c6ccccc6)c5c43)c2)NC1c1ccccc1. The third-order valence-corrected chi connectivity index (χ3v) is 11.9. The van der Waals surface area contributed by atoms with Crippen molar-refractivity contribution in [2.75, 3.05) is 0 Å². The summed E-state index contributed by atoms with van der Waals surface area (Å²) in [6.07, 6.45) is 2.23. The summed E-state index contributed by atoms with van der Waals surface area (Å²) in [5.74, 6) is 1.73. The Hall–Kier alpha value is -8.22. The van der Waals surface area contributed by atoms with Crippen molar-refractivity contribution >= 4 is 55.4 Å². The van der Waals surface area contributed by atoms with Gasteiger partial charge in [0, 0.05) is 44.3 Å². The summed E-state index contributed by atoms with van der Waals surface area (Å²) in [5, 5.41) is 7.27. The fraction of sp³-hybridized carbons (Fsp3) is 0.0182.